The summed E-state index contributed by atoms with van der Waals surface area (Å²) in [5.41, 5.74) is 0. The van der Waals surface area contributed by atoms with Crippen LogP contribution in [0.1, 0.15) is 271 Å². The van der Waals surface area contributed by atoms with Crippen LogP contribution in [0, 0.1) is 0 Å². The summed E-state index contributed by atoms with van der Waals surface area (Å²) in [6.45, 7) is 4.64. The number of quaternary nitrogens is 1. The summed E-state index contributed by atoms with van der Waals surface area (Å²) < 4.78 is 23.0. The van der Waals surface area contributed by atoms with Crippen LogP contribution in [-0.2, 0) is 33.3 Å². The number of unbranched alkanes of at least 4 members (excludes halogenated alkanes) is 24. The molecule has 0 radical (unpaired) electrons. The van der Waals surface area contributed by atoms with Gasteiger partial charge in [0.1, 0.15) is 13.2 Å². The maximum Gasteiger partial charge on any atom is 0.361 e. The van der Waals surface area contributed by atoms with Gasteiger partial charge in [0.2, 0.25) is 0 Å². The Bertz CT molecular complexity index is 1940. The first kappa shape index (κ1) is 82.2. The molecule has 9 nitrogen and oxygen atoms in total. The monoisotopic (exact) mass is 1210 g/mol. The molecule has 2 atom stereocenters. The second-order valence-electron chi connectivity index (χ2n) is 24.1. The summed E-state index contributed by atoms with van der Waals surface area (Å²) in [4.78, 5) is 37.6. The minimum atomic E-state index is -1.52. The predicted octanol–water partition coefficient (Wildman–Crippen LogP) is 21.9. The molecule has 0 bridgehead atoms. The van der Waals surface area contributed by atoms with Crippen LogP contribution in [0.2, 0.25) is 0 Å². The largest absolute Gasteiger partial charge is 0.477 e. The maximum absolute atomic E-state index is 12.9. The average Bonchev–Trinajstić information content (AvgIpc) is 3.56. The number of carboxylic acids is 1. The van der Waals surface area contributed by atoms with E-state index in [-0.39, 0.29) is 32.2 Å². The molecule has 0 aliphatic rings. The Morgan fingerprint density at radius 3 is 0.920 bits per heavy atom. The van der Waals surface area contributed by atoms with Gasteiger partial charge in [0.15, 0.2) is 6.10 Å². The number of ether oxygens (including phenoxy) is 4. The van der Waals surface area contributed by atoms with Crippen molar-refractivity contribution in [3.05, 3.63) is 146 Å². The van der Waals surface area contributed by atoms with Crippen LogP contribution in [0.5, 0.6) is 0 Å². The lowest BCUT2D eigenvalue weighted by atomic mass is 10.0. The van der Waals surface area contributed by atoms with Gasteiger partial charge >= 0.3 is 17.9 Å². The van der Waals surface area contributed by atoms with Gasteiger partial charge in [-0.25, -0.2) is 4.79 Å². The number of rotatable bonds is 63. The van der Waals surface area contributed by atoms with Crippen molar-refractivity contribution in [1.82, 2.24) is 0 Å². The van der Waals surface area contributed by atoms with Crippen molar-refractivity contribution in [2.75, 3.05) is 47.5 Å². The van der Waals surface area contributed by atoms with Gasteiger partial charge in [-0.2, -0.15) is 0 Å². The number of aliphatic carboxylic acids is 1. The Morgan fingerprint density at radius 2 is 0.621 bits per heavy atom. The second-order valence-corrected chi connectivity index (χ2v) is 24.1. The van der Waals surface area contributed by atoms with Crippen molar-refractivity contribution in [1.29, 1.82) is 0 Å². The lowest BCUT2D eigenvalue weighted by Crippen LogP contribution is -2.40. The maximum atomic E-state index is 12.9. The highest BCUT2D eigenvalue weighted by Gasteiger charge is 2.25. The number of carbonyl (C=O) groups excluding carboxylic acids is 2. The number of allylic oxidation sites excluding steroid dienone is 24. The van der Waals surface area contributed by atoms with E-state index in [0.717, 1.165) is 135 Å². The molecule has 9 heteroatoms. The smallest absolute Gasteiger partial charge is 0.361 e. The number of nitrogens with zero attached hydrogens (tertiary/aromatic N) is 1. The van der Waals surface area contributed by atoms with Gasteiger partial charge < -0.3 is 28.5 Å². The lowest BCUT2D eigenvalue weighted by molar-refractivity contribution is -0.870. The minimum Gasteiger partial charge on any atom is -0.477 e. The first-order valence-corrected chi connectivity index (χ1v) is 35.0. The van der Waals surface area contributed by atoms with Crippen LogP contribution in [-0.4, -0.2) is 87.4 Å². The third kappa shape index (κ3) is 68.5. The molecule has 0 aromatic carbocycles. The van der Waals surface area contributed by atoms with Gasteiger partial charge in [-0.3, -0.25) is 9.59 Å². The van der Waals surface area contributed by atoms with Crippen molar-refractivity contribution < 1.29 is 42.9 Å². The molecule has 494 valence electrons. The molecule has 0 heterocycles. The molecule has 0 spiro atoms. The Hall–Kier alpha value is -4.83. The summed E-state index contributed by atoms with van der Waals surface area (Å²) >= 11 is 0. The van der Waals surface area contributed by atoms with E-state index in [1.807, 2.05) is 21.1 Å². The molecule has 0 aliphatic heterocycles. The van der Waals surface area contributed by atoms with E-state index in [2.05, 4.69) is 160 Å². The molecule has 0 fully saturated rings. The Morgan fingerprint density at radius 1 is 0.345 bits per heavy atom. The molecule has 1 N–H and O–H groups in total. The molecule has 0 aliphatic carbocycles. The molecule has 2 unspecified atom stereocenters. The SMILES string of the molecule is CC/C=C\C/C=C\C/C=C\C/C=C\C/C=C\C/C=C\C/C=C\C/C=C\CCCCCCCCC(=O)OC(COC(=O)CCCCCCCCCCCCCCCCCCCC/C=C\C/C=C\C/C=C\C/C=C\CC)COC(OCC[N+](C)(C)C)C(=O)O. The van der Waals surface area contributed by atoms with Crippen LogP contribution in [0.25, 0.3) is 0 Å². The molecular formula is C78H130NO8+. The lowest BCUT2D eigenvalue weighted by Gasteiger charge is -2.25. The molecule has 0 amide bonds. The molecule has 0 aromatic rings. The zero-order valence-electron chi connectivity index (χ0n) is 56.4. The van der Waals surface area contributed by atoms with Crippen molar-refractivity contribution in [2.45, 2.75) is 283 Å². The number of likely N-dealkylation sites (N-methyl/N-ethyl adjacent to an activating group) is 1. The minimum absolute atomic E-state index is 0.178. The van der Waals surface area contributed by atoms with E-state index >= 15 is 0 Å². The van der Waals surface area contributed by atoms with E-state index in [0.29, 0.717) is 23.9 Å². The third-order valence-corrected chi connectivity index (χ3v) is 14.6. The van der Waals surface area contributed by atoms with Gasteiger partial charge in [-0.05, 0) is 116 Å². The quantitative estimate of drug-likeness (QED) is 0.0211. The van der Waals surface area contributed by atoms with Crippen LogP contribution in [0.3, 0.4) is 0 Å². The van der Waals surface area contributed by atoms with Crippen LogP contribution in [0.15, 0.2) is 146 Å². The Kier molecular flexibility index (Phi) is 63.4. The third-order valence-electron chi connectivity index (χ3n) is 14.6. The summed E-state index contributed by atoms with van der Waals surface area (Å²) in [6.07, 6.45) is 95.2. The molecule has 87 heavy (non-hydrogen) atoms. The highest BCUT2D eigenvalue weighted by atomic mass is 16.7. The fourth-order valence-corrected chi connectivity index (χ4v) is 9.32. The topological polar surface area (TPSA) is 108 Å². The van der Waals surface area contributed by atoms with Gasteiger partial charge in [-0.1, -0.05) is 288 Å². The van der Waals surface area contributed by atoms with Crippen LogP contribution < -0.4 is 0 Å². The second kappa shape index (κ2) is 67.1. The standard InChI is InChI=1S/C78H129NO8/c1-6-8-10-12-14-16-18-20-22-24-26-28-30-32-34-36-38-40-42-44-46-48-50-52-54-56-58-60-62-64-66-68-75(80)85-72-74(73-86-78(77(82)83)84-71-70-79(3,4)5)87-76(81)69-67-65-63-61-59-57-55-53-51-49-47-45-43-41-39-37-35-33-31-29-27-25-23-21-19-17-15-13-11-9-7-2/h8-11,14-17,20-23,26-29,33,35,39,41,45,47,51,53,74,78H,6-7,12-13,18-19,24-25,30-32,34,36-38,40,42-44,46,48-50,52,54-73H2,1-5H3/p+1/b10-8-,11-9-,16-14-,17-15-,22-20-,23-21-,28-26-,29-27-,35-33-,41-39-,47-45-,53-51-. The molecule has 0 aromatic heterocycles. The molecular weight excluding hydrogens is 1080 g/mol. The summed E-state index contributed by atoms with van der Waals surface area (Å²) in [5, 5.41) is 9.75. The summed E-state index contributed by atoms with van der Waals surface area (Å²) in [6, 6.07) is 0. The number of carbonyl (C=O) groups is 3. The zero-order valence-corrected chi connectivity index (χ0v) is 56.4. The fraction of sp³-hybridized carbons (Fsp3) is 0.654. The van der Waals surface area contributed by atoms with Gasteiger partial charge in [0.25, 0.3) is 6.29 Å². The zero-order chi connectivity index (χ0) is 63.3. The van der Waals surface area contributed by atoms with Gasteiger partial charge in [0, 0.05) is 12.8 Å². The first-order valence-electron chi connectivity index (χ1n) is 35.0. The van der Waals surface area contributed by atoms with E-state index in [9.17, 15) is 19.5 Å². The number of hydrogen-bond donors (Lipinski definition) is 1. The van der Waals surface area contributed by atoms with Crippen molar-refractivity contribution in [2.24, 2.45) is 0 Å². The van der Waals surface area contributed by atoms with E-state index in [4.69, 9.17) is 18.9 Å². The van der Waals surface area contributed by atoms with Gasteiger partial charge in [0.05, 0.1) is 34.4 Å². The Labute approximate surface area is 534 Å². The number of hydrogen-bond acceptors (Lipinski definition) is 7. The predicted molar refractivity (Wildman–Crippen MR) is 373 cm³/mol. The fourth-order valence-electron chi connectivity index (χ4n) is 9.32. The van der Waals surface area contributed by atoms with Crippen molar-refractivity contribution in [3.8, 4) is 0 Å². The normalized spacial score (nSPS) is 13.6. The first-order chi connectivity index (χ1) is 42.6. The van der Waals surface area contributed by atoms with E-state index in [1.165, 1.54) is 103 Å². The van der Waals surface area contributed by atoms with Crippen molar-refractivity contribution >= 4 is 17.9 Å². The summed E-state index contributed by atoms with van der Waals surface area (Å²) in [5.74, 6) is -2.03. The molecule has 0 rings (SSSR count). The summed E-state index contributed by atoms with van der Waals surface area (Å²) in [7, 11) is 5.97. The van der Waals surface area contributed by atoms with Crippen LogP contribution >= 0.6 is 0 Å². The highest BCUT2D eigenvalue weighted by molar-refractivity contribution is 5.71. The van der Waals surface area contributed by atoms with E-state index < -0.39 is 24.3 Å². The van der Waals surface area contributed by atoms with E-state index in [1.54, 1.807) is 0 Å². The molecule has 0 saturated carbocycles. The Balaban J connectivity index is 4.18. The highest BCUT2D eigenvalue weighted by Crippen LogP contribution is 2.17. The van der Waals surface area contributed by atoms with Gasteiger partial charge in [-0.15, -0.1) is 0 Å². The van der Waals surface area contributed by atoms with Crippen molar-refractivity contribution in [3.63, 3.8) is 0 Å². The molecule has 0 saturated heterocycles. The van der Waals surface area contributed by atoms with Crippen LogP contribution in [0.4, 0.5) is 0 Å². The number of carboxylic acid groups (broad SMARTS) is 1. The average molecular weight is 1210 g/mol. The number of esters is 2.